The molecule has 0 aromatic carbocycles. The molecular formula is C6H17KO2. The van der Waals surface area contributed by atoms with Crippen LogP contribution in [0.3, 0.4) is 0 Å². The molecule has 0 fully saturated rings. The van der Waals surface area contributed by atoms with Gasteiger partial charge in [0.05, 0.1) is 0 Å². The Morgan fingerprint density at radius 3 is 1.33 bits per heavy atom. The normalized spacial score (nSPS) is 6.67. The summed E-state index contributed by atoms with van der Waals surface area (Å²) in [6.45, 7) is 7.60. The van der Waals surface area contributed by atoms with E-state index in [1.54, 1.807) is 6.92 Å². The van der Waals surface area contributed by atoms with Gasteiger partial charge in [-0.05, 0) is 20.8 Å². The van der Waals surface area contributed by atoms with Crippen LogP contribution in [-0.4, -0.2) is 76.3 Å². The maximum absolute atomic E-state index is 7.57. The Balaban J connectivity index is -0.0000000800. The molecule has 0 heterocycles. The average Bonchev–Trinajstić information content (AvgIpc) is 1.71. The Kier molecular flexibility index (Phi) is 42.5. The summed E-state index contributed by atoms with van der Waals surface area (Å²) in [5, 5.41) is 7.57. The first-order valence-corrected chi connectivity index (χ1v) is 3.01. The molecule has 0 aromatic rings. The maximum atomic E-state index is 7.57. The molecule has 0 aliphatic rings. The number of hydrogen-bond acceptors (Lipinski definition) is 2. The predicted octanol–water partition coefficient (Wildman–Crippen LogP) is 0.393. The predicted molar refractivity (Wildman–Crippen MR) is 42.1 cm³/mol. The van der Waals surface area contributed by atoms with Crippen LogP contribution in [0.2, 0.25) is 0 Å². The van der Waals surface area contributed by atoms with E-state index < -0.39 is 0 Å². The van der Waals surface area contributed by atoms with Crippen LogP contribution >= 0.6 is 0 Å². The van der Waals surface area contributed by atoms with Crippen LogP contribution in [0, 0.1) is 0 Å². The SMILES string of the molecule is CCO.CCOCC.[KH]. The van der Waals surface area contributed by atoms with E-state index in [-0.39, 0.29) is 58.0 Å². The average molecular weight is 160 g/mol. The Morgan fingerprint density at radius 1 is 1.11 bits per heavy atom. The van der Waals surface area contributed by atoms with Crippen LogP contribution in [0.4, 0.5) is 0 Å². The van der Waals surface area contributed by atoms with E-state index in [9.17, 15) is 0 Å². The first kappa shape index (κ1) is 16.9. The topological polar surface area (TPSA) is 29.5 Å². The first-order valence-electron chi connectivity index (χ1n) is 3.01. The van der Waals surface area contributed by atoms with Crippen LogP contribution in [0.15, 0.2) is 0 Å². The molecule has 0 aromatic heterocycles. The standard InChI is InChI=1S/C4H10O.C2H6O.K.H/c1-3-5-4-2;1-2-3;;/h3-4H2,1-2H3;3H,2H2,1H3;;. The molecule has 0 saturated heterocycles. The second kappa shape index (κ2) is 22.7. The van der Waals surface area contributed by atoms with Gasteiger partial charge in [-0.3, -0.25) is 0 Å². The molecule has 0 rings (SSSR count). The number of hydrogen-bond donors (Lipinski definition) is 1. The van der Waals surface area contributed by atoms with Crippen molar-refractivity contribution in [1.29, 1.82) is 0 Å². The van der Waals surface area contributed by atoms with Crippen molar-refractivity contribution in [3.05, 3.63) is 0 Å². The van der Waals surface area contributed by atoms with E-state index in [0.29, 0.717) is 0 Å². The molecule has 0 atom stereocenters. The summed E-state index contributed by atoms with van der Waals surface area (Å²) in [5.74, 6) is 0. The van der Waals surface area contributed by atoms with Gasteiger partial charge in [0.15, 0.2) is 0 Å². The fourth-order valence-corrected chi connectivity index (χ4v) is 0.204. The first-order chi connectivity index (χ1) is 3.83. The summed E-state index contributed by atoms with van der Waals surface area (Å²) in [7, 11) is 0. The van der Waals surface area contributed by atoms with Gasteiger partial charge in [0, 0.05) is 19.8 Å². The minimum atomic E-state index is 0. The second-order valence-electron chi connectivity index (χ2n) is 1.10. The summed E-state index contributed by atoms with van der Waals surface area (Å²) in [4.78, 5) is 0. The zero-order valence-corrected chi connectivity index (χ0v) is 5.98. The molecule has 0 bridgehead atoms. The summed E-state index contributed by atoms with van der Waals surface area (Å²) >= 11 is 0. The van der Waals surface area contributed by atoms with Crippen molar-refractivity contribution in [1.82, 2.24) is 0 Å². The molecule has 0 spiro atoms. The van der Waals surface area contributed by atoms with Gasteiger partial charge in [-0.15, -0.1) is 0 Å². The van der Waals surface area contributed by atoms with Gasteiger partial charge in [0.25, 0.3) is 0 Å². The Hall–Kier alpha value is 1.56. The van der Waals surface area contributed by atoms with Crippen molar-refractivity contribution in [2.75, 3.05) is 19.8 Å². The number of aliphatic hydroxyl groups is 1. The quantitative estimate of drug-likeness (QED) is 0.592. The molecule has 0 amide bonds. The van der Waals surface area contributed by atoms with Gasteiger partial charge in [0.2, 0.25) is 0 Å². The van der Waals surface area contributed by atoms with E-state index in [2.05, 4.69) is 0 Å². The van der Waals surface area contributed by atoms with E-state index >= 15 is 0 Å². The van der Waals surface area contributed by atoms with Crippen molar-refractivity contribution < 1.29 is 9.84 Å². The Morgan fingerprint density at radius 2 is 1.33 bits per heavy atom. The molecule has 0 radical (unpaired) electrons. The van der Waals surface area contributed by atoms with Gasteiger partial charge in [0.1, 0.15) is 0 Å². The zero-order valence-electron chi connectivity index (χ0n) is 5.98. The van der Waals surface area contributed by atoms with Crippen LogP contribution in [0.25, 0.3) is 0 Å². The van der Waals surface area contributed by atoms with Gasteiger partial charge >= 0.3 is 51.4 Å². The number of aliphatic hydroxyl groups excluding tert-OH is 1. The van der Waals surface area contributed by atoms with Gasteiger partial charge in [-0.1, -0.05) is 0 Å². The van der Waals surface area contributed by atoms with Crippen molar-refractivity contribution >= 4 is 51.4 Å². The minimum absolute atomic E-state index is 0. The Labute approximate surface area is 100 Å². The van der Waals surface area contributed by atoms with Gasteiger partial charge < -0.3 is 9.84 Å². The molecule has 54 valence electrons. The van der Waals surface area contributed by atoms with Crippen LogP contribution in [0.5, 0.6) is 0 Å². The molecule has 0 aliphatic carbocycles. The number of rotatable bonds is 2. The fourth-order valence-electron chi connectivity index (χ4n) is 0.204. The summed E-state index contributed by atoms with van der Waals surface area (Å²) in [6.07, 6.45) is 0. The van der Waals surface area contributed by atoms with E-state index in [1.165, 1.54) is 0 Å². The monoisotopic (exact) mass is 160 g/mol. The summed E-state index contributed by atoms with van der Waals surface area (Å²) in [5.41, 5.74) is 0. The molecule has 0 aliphatic heterocycles. The third-order valence-electron chi connectivity index (χ3n) is 0.408. The second-order valence-corrected chi connectivity index (χ2v) is 1.10. The van der Waals surface area contributed by atoms with E-state index in [1.807, 2.05) is 13.8 Å². The summed E-state index contributed by atoms with van der Waals surface area (Å²) < 4.78 is 4.83. The molecular weight excluding hydrogens is 143 g/mol. The molecule has 2 nitrogen and oxygen atoms in total. The van der Waals surface area contributed by atoms with Crippen molar-refractivity contribution in [2.24, 2.45) is 0 Å². The van der Waals surface area contributed by atoms with Crippen molar-refractivity contribution in [3.63, 3.8) is 0 Å². The summed E-state index contributed by atoms with van der Waals surface area (Å²) in [6, 6.07) is 0. The van der Waals surface area contributed by atoms with Crippen LogP contribution < -0.4 is 0 Å². The van der Waals surface area contributed by atoms with E-state index in [4.69, 9.17) is 9.84 Å². The number of ether oxygens (including phenoxy) is 1. The van der Waals surface area contributed by atoms with Gasteiger partial charge in [-0.25, -0.2) is 0 Å². The van der Waals surface area contributed by atoms with Crippen LogP contribution in [-0.2, 0) is 4.74 Å². The molecule has 1 N–H and O–H groups in total. The molecule has 0 saturated carbocycles. The zero-order chi connectivity index (χ0) is 6.83. The third kappa shape index (κ3) is 43.1. The molecule has 9 heavy (non-hydrogen) atoms. The Bertz CT molecular complexity index is 25.0. The third-order valence-corrected chi connectivity index (χ3v) is 0.408. The molecule has 0 unspecified atom stereocenters. The van der Waals surface area contributed by atoms with Crippen molar-refractivity contribution in [3.8, 4) is 0 Å². The van der Waals surface area contributed by atoms with Crippen molar-refractivity contribution in [2.45, 2.75) is 20.8 Å². The fraction of sp³-hybridized carbons (Fsp3) is 1.00. The van der Waals surface area contributed by atoms with E-state index in [0.717, 1.165) is 13.2 Å². The van der Waals surface area contributed by atoms with Gasteiger partial charge in [-0.2, -0.15) is 0 Å². The van der Waals surface area contributed by atoms with Crippen LogP contribution in [0.1, 0.15) is 20.8 Å². The molecule has 3 heteroatoms.